The molecule has 1 aromatic heterocycles. The average molecular weight is 364 g/mol. The Balaban J connectivity index is 1.65. The highest BCUT2D eigenvalue weighted by atomic mass is 16.5. The third-order valence-corrected chi connectivity index (χ3v) is 4.75. The molecular formula is C20H20N4O3. The number of nitrogens with zero attached hydrogens (tertiary/aromatic N) is 3. The van der Waals surface area contributed by atoms with E-state index in [0.717, 1.165) is 11.0 Å². The van der Waals surface area contributed by atoms with Gasteiger partial charge in [-0.2, -0.15) is 0 Å². The van der Waals surface area contributed by atoms with Gasteiger partial charge in [0.15, 0.2) is 0 Å². The molecule has 1 fully saturated rings. The fourth-order valence-electron chi connectivity index (χ4n) is 3.47. The van der Waals surface area contributed by atoms with Crippen LogP contribution in [0.3, 0.4) is 0 Å². The van der Waals surface area contributed by atoms with Gasteiger partial charge in [-0.25, -0.2) is 9.88 Å². The number of imidazole rings is 1. The molecule has 0 bridgehead atoms. The van der Waals surface area contributed by atoms with Gasteiger partial charge in [-0.1, -0.05) is 24.3 Å². The molecule has 2 heterocycles. The molecule has 4 rings (SSSR count). The molecule has 0 saturated carbocycles. The van der Waals surface area contributed by atoms with E-state index in [1.165, 1.54) is 12.0 Å². The molecule has 27 heavy (non-hydrogen) atoms. The molecule has 2 amide bonds. The van der Waals surface area contributed by atoms with E-state index in [0.29, 0.717) is 23.9 Å². The molecule has 1 aliphatic heterocycles. The Bertz CT molecular complexity index is 1030. The SMILES string of the molecule is CCn1c(N[C@H]2CC(=O)N(c3ccccc3OC)C2=O)nc2ccccc21. The number of fused-ring (bicyclic) bond motifs is 1. The van der Waals surface area contributed by atoms with Crippen molar-refractivity contribution in [3.63, 3.8) is 0 Å². The monoisotopic (exact) mass is 364 g/mol. The van der Waals surface area contributed by atoms with Gasteiger partial charge in [0.05, 0.1) is 30.3 Å². The van der Waals surface area contributed by atoms with Crippen LogP contribution in [0, 0.1) is 0 Å². The molecule has 0 spiro atoms. The fourth-order valence-corrected chi connectivity index (χ4v) is 3.47. The van der Waals surface area contributed by atoms with Crippen molar-refractivity contribution in [1.29, 1.82) is 0 Å². The van der Waals surface area contributed by atoms with Crippen LogP contribution in [0.4, 0.5) is 11.6 Å². The number of ether oxygens (including phenoxy) is 1. The fraction of sp³-hybridized carbons (Fsp3) is 0.250. The highest BCUT2D eigenvalue weighted by molar-refractivity contribution is 6.23. The lowest BCUT2D eigenvalue weighted by Crippen LogP contribution is -2.35. The number of benzene rings is 2. The predicted molar refractivity (Wildman–Crippen MR) is 103 cm³/mol. The van der Waals surface area contributed by atoms with E-state index >= 15 is 0 Å². The molecule has 1 saturated heterocycles. The first-order chi connectivity index (χ1) is 13.1. The number of nitrogens with one attached hydrogen (secondary N) is 1. The summed E-state index contributed by atoms with van der Waals surface area (Å²) in [6, 6.07) is 14.1. The first kappa shape index (κ1) is 17.1. The number of hydrogen-bond acceptors (Lipinski definition) is 5. The van der Waals surface area contributed by atoms with Crippen LogP contribution in [0.15, 0.2) is 48.5 Å². The number of anilines is 2. The van der Waals surface area contributed by atoms with Gasteiger partial charge in [0.25, 0.3) is 5.91 Å². The second-order valence-electron chi connectivity index (χ2n) is 6.31. The number of amides is 2. The van der Waals surface area contributed by atoms with Crippen molar-refractivity contribution in [2.45, 2.75) is 25.9 Å². The van der Waals surface area contributed by atoms with Gasteiger partial charge in [0, 0.05) is 6.54 Å². The molecule has 7 nitrogen and oxygen atoms in total. The molecule has 3 aromatic rings. The lowest BCUT2D eigenvalue weighted by Gasteiger charge is -2.18. The van der Waals surface area contributed by atoms with Crippen molar-refractivity contribution in [2.75, 3.05) is 17.3 Å². The predicted octanol–water partition coefficient (Wildman–Crippen LogP) is 2.81. The number of methoxy groups -OCH3 is 1. The summed E-state index contributed by atoms with van der Waals surface area (Å²) in [5.74, 6) is 0.507. The van der Waals surface area contributed by atoms with Crippen LogP contribution in [-0.2, 0) is 16.1 Å². The Morgan fingerprint density at radius 2 is 1.89 bits per heavy atom. The number of carbonyl (C=O) groups excluding carboxylic acids is 2. The van der Waals surface area contributed by atoms with Crippen LogP contribution in [0.2, 0.25) is 0 Å². The summed E-state index contributed by atoms with van der Waals surface area (Å²) in [5, 5.41) is 3.17. The van der Waals surface area contributed by atoms with Crippen molar-refractivity contribution < 1.29 is 14.3 Å². The van der Waals surface area contributed by atoms with Gasteiger partial charge in [0.2, 0.25) is 11.9 Å². The zero-order valence-corrected chi connectivity index (χ0v) is 15.2. The third-order valence-electron chi connectivity index (χ3n) is 4.75. The van der Waals surface area contributed by atoms with Crippen molar-refractivity contribution in [1.82, 2.24) is 9.55 Å². The quantitative estimate of drug-likeness (QED) is 0.705. The maximum atomic E-state index is 13.0. The van der Waals surface area contributed by atoms with Crippen molar-refractivity contribution >= 4 is 34.5 Å². The van der Waals surface area contributed by atoms with E-state index in [1.54, 1.807) is 24.3 Å². The Kier molecular flexibility index (Phi) is 4.27. The third kappa shape index (κ3) is 2.81. The normalized spacial score (nSPS) is 17.0. The summed E-state index contributed by atoms with van der Waals surface area (Å²) in [4.78, 5) is 31.3. The van der Waals surface area contributed by atoms with E-state index in [9.17, 15) is 9.59 Å². The molecule has 1 atom stereocenters. The molecule has 1 aliphatic rings. The first-order valence-corrected chi connectivity index (χ1v) is 8.85. The molecule has 0 aliphatic carbocycles. The van der Waals surface area contributed by atoms with Gasteiger partial charge in [-0.05, 0) is 31.2 Å². The van der Waals surface area contributed by atoms with Gasteiger partial charge in [-0.3, -0.25) is 9.59 Å². The topological polar surface area (TPSA) is 76.5 Å². The Morgan fingerprint density at radius 3 is 2.67 bits per heavy atom. The van der Waals surface area contributed by atoms with E-state index in [4.69, 9.17) is 4.74 Å². The zero-order valence-electron chi connectivity index (χ0n) is 15.2. The molecular weight excluding hydrogens is 344 g/mol. The van der Waals surface area contributed by atoms with Gasteiger partial charge >= 0.3 is 0 Å². The van der Waals surface area contributed by atoms with Crippen LogP contribution >= 0.6 is 0 Å². The van der Waals surface area contributed by atoms with Crippen LogP contribution < -0.4 is 15.0 Å². The van der Waals surface area contributed by atoms with Gasteiger partial charge < -0.3 is 14.6 Å². The largest absolute Gasteiger partial charge is 0.495 e. The van der Waals surface area contributed by atoms with Crippen molar-refractivity contribution in [3.8, 4) is 5.75 Å². The second kappa shape index (κ2) is 6.75. The molecule has 7 heteroatoms. The summed E-state index contributed by atoms with van der Waals surface area (Å²) in [7, 11) is 1.52. The second-order valence-corrected chi connectivity index (χ2v) is 6.31. The smallest absolute Gasteiger partial charge is 0.256 e. The molecule has 2 aromatic carbocycles. The van der Waals surface area contributed by atoms with Crippen LogP contribution in [0.1, 0.15) is 13.3 Å². The minimum absolute atomic E-state index is 0.0732. The van der Waals surface area contributed by atoms with E-state index < -0.39 is 6.04 Å². The molecule has 0 radical (unpaired) electrons. The number of aryl methyl sites for hydroxylation is 1. The van der Waals surface area contributed by atoms with Gasteiger partial charge in [0.1, 0.15) is 11.8 Å². The van der Waals surface area contributed by atoms with Crippen LogP contribution in [0.25, 0.3) is 11.0 Å². The van der Waals surface area contributed by atoms with E-state index in [1.807, 2.05) is 35.8 Å². The highest BCUT2D eigenvalue weighted by Gasteiger charge is 2.41. The first-order valence-electron chi connectivity index (χ1n) is 8.85. The molecule has 138 valence electrons. The maximum absolute atomic E-state index is 13.0. The lowest BCUT2D eigenvalue weighted by molar-refractivity contribution is -0.121. The number of para-hydroxylation sites is 4. The summed E-state index contributed by atoms with van der Waals surface area (Å²) in [5.41, 5.74) is 2.30. The molecule has 1 N–H and O–H groups in total. The standard InChI is InChI=1S/C20H20N4O3/c1-3-23-15-9-5-4-8-13(15)21-20(23)22-14-12-18(25)24(19(14)26)16-10-6-7-11-17(16)27-2/h4-11,14H,3,12H2,1-2H3,(H,21,22)/t14-/m0/s1. The van der Waals surface area contributed by atoms with E-state index in [2.05, 4.69) is 10.3 Å². The summed E-state index contributed by atoms with van der Waals surface area (Å²) < 4.78 is 7.30. The van der Waals surface area contributed by atoms with Crippen LogP contribution in [0.5, 0.6) is 5.75 Å². The van der Waals surface area contributed by atoms with Crippen LogP contribution in [-0.4, -0.2) is 34.5 Å². The van der Waals surface area contributed by atoms with Crippen molar-refractivity contribution in [3.05, 3.63) is 48.5 Å². The number of rotatable bonds is 5. The summed E-state index contributed by atoms with van der Waals surface area (Å²) in [6.07, 6.45) is 0.0732. The lowest BCUT2D eigenvalue weighted by atomic mass is 10.2. The van der Waals surface area contributed by atoms with Gasteiger partial charge in [-0.15, -0.1) is 0 Å². The molecule has 0 unspecified atom stereocenters. The average Bonchev–Trinajstić information content (AvgIpc) is 3.18. The number of imide groups is 1. The number of carbonyl (C=O) groups is 2. The Labute approximate surface area is 156 Å². The van der Waals surface area contributed by atoms with E-state index in [-0.39, 0.29) is 18.2 Å². The number of hydrogen-bond donors (Lipinski definition) is 1. The summed E-state index contributed by atoms with van der Waals surface area (Å²) >= 11 is 0. The minimum atomic E-state index is -0.662. The highest BCUT2D eigenvalue weighted by Crippen LogP contribution is 2.32. The number of aromatic nitrogens is 2. The maximum Gasteiger partial charge on any atom is 0.256 e. The Hall–Kier alpha value is -3.35. The summed E-state index contributed by atoms with van der Waals surface area (Å²) in [6.45, 7) is 2.72. The van der Waals surface area contributed by atoms with Crippen molar-refractivity contribution in [2.24, 2.45) is 0 Å². The zero-order chi connectivity index (χ0) is 19.0. The Morgan fingerprint density at radius 1 is 1.15 bits per heavy atom. The minimum Gasteiger partial charge on any atom is -0.495 e.